The molecule has 1 saturated heterocycles. The highest BCUT2D eigenvalue weighted by Gasteiger charge is 2.33. The summed E-state index contributed by atoms with van der Waals surface area (Å²) < 4.78 is 28.6. The standard InChI is InChI=1S/C17H19N3O4S/c18-25(22,23)14-10-11-20(12-14)17(21)19-15-8-4-5-9-16(15)24-13-6-2-1-3-7-13/h1-9,14H,10-12H2,(H,19,21)(H2,18,22,23)/t14-/m1/s1. The van der Waals surface area contributed by atoms with Crippen LogP contribution < -0.4 is 15.2 Å². The maximum Gasteiger partial charge on any atom is 0.321 e. The third-order valence-corrected chi connectivity index (χ3v) is 5.31. The number of nitrogens with one attached hydrogen (secondary N) is 1. The second kappa shape index (κ2) is 7.12. The zero-order valence-corrected chi connectivity index (χ0v) is 14.3. The van der Waals surface area contributed by atoms with Gasteiger partial charge in [-0.25, -0.2) is 18.4 Å². The van der Waals surface area contributed by atoms with Crippen LogP contribution in [0.15, 0.2) is 54.6 Å². The van der Waals surface area contributed by atoms with E-state index in [1.165, 1.54) is 4.90 Å². The van der Waals surface area contributed by atoms with Crippen molar-refractivity contribution < 1.29 is 17.9 Å². The van der Waals surface area contributed by atoms with Crippen LogP contribution in [-0.4, -0.2) is 37.7 Å². The maximum absolute atomic E-state index is 12.4. The third kappa shape index (κ3) is 4.28. The number of nitrogens with two attached hydrogens (primary N) is 1. The number of hydrogen-bond donors (Lipinski definition) is 2. The molecule has 1 aliphatic heterocycles. The fourth-order valence-electron chi connectivity index (χ4n) is 2.65. The Balaban J connectivity index is 1.70. The van der Waals surface area contributed by atoms with E-state index in [2.05, 4.69) is 5.32 Å². The van der Waals surface area contributed by atoms with Crippen LogP contribution in [0, 0.1) is 0 Å². The van der Waals surface area contributed by atoms with Gasteiger partial charge in [-0.15, -0.1) is 0 Å². The Bertz CT molecular complexity index is 855. The lowest BCUT2D eigenvalue weighted by molar-refractivity contribution is 0.222. The molecule has 7 nitrogen and oxygen atoms in total. The number of ether oxygens (including phenoxy) is 1. The van der Waals surface area contributed by atoms with E-state index in [1.54, 1.807) is 24.3 Å². The number of urea groups is 1. The molecule has 132 valence electrons. The van der Waals surface area contributed by atoms with Gasteiger partial charge in [0.25, 0.3) is 0 Å². The average molecular weight is 361 g/mol. The van der Waals surface area contributed by atoms with E-state index in [0.29, 0.717) is 30.2 Å². The second-order valence-corrected chi connectivity index (χ2v) is 7.63. The van der Waals surface area contributed by atoms with Crippen LogP contribution in [0.5, 0.6) is 11.5 Å². The first-order valence-corrected chi connectivity index (χ1v) is 9.44. The van der Waals surface area contributed by atoms with Crippen molar-refractivity contribution in [2.24, 2.45) is 5.14 Å². The number of primary sulfonamides is 1. The number of carbonyl (C=O) groups excluding carboxylic acids is 1. The largest absolute Gasteiger partial charge is 0.455 e. The summed E-state index contributed by atoms with van der Waals surface area (Å²) in [7, 11) is -3.64. The van der Waals surface area contributed by atoms with E-state index in [1.807, 2.05) is 30.3 Å². The van der Waals surface area contributed by atoms with Crippen LogP contribution in [0.3, 0.4) is 0 Å². The number of rotatable bonds is 4. The van der Waals surface area contributed by atoms with Gasteiger partial charge in [0.2, 0.25) is 10.0 Å². The fourth-order valence-corrected chi connectivity index (χ4v) is 3.47. The van der Waals surface area contributed by atoms with Crippen molar-refractivity contribution >= 4 is 21.7 Å². The first kappa shape index (κ1) is 17.2. The lowest BCUT2D eigenvalue weighted by Gasteiger charge is -2.18. The van der Waals surface area contributed by atoms with Gasteiger partial charge in [-0.05, 0) is 30.7 Å². The van der Waals surface area contributed by atoms with E-state index in [-0.39, 0.29) is 12.6 Å². The first-order valence-electron chi connectivity index (χ1n) is 7.83. The van der Waals surface area contributed by atoms with Crippen LogP contribution in [0.2, 0.25) is 0 Å². The molecular weight excluding hydrogens is 342 g/mol. The number of amides is 2. The summed E-state index contributed by atoms with van der Waals surface area (Å²) in [5, 5.41) is 7.22. The number of sulfonamides is 1. The van der Waals surface area contributed by atoms with Gasteiger partial charge in [0.1, 0.15) is 5.75 Å². The molecule has 0 unspecified atom stereocenters. The van der Waals surface area contributed by atoms with Crippen LogP contribution in [0.1, 0.15) is 6.42 Å². The van der Waals surface area contributed by atoms with Crippen LogP contribution >= 0.6 is 0 Å². The molecule has 25 heavy (non-hydrogen) atoms. The SMILES string of the molecule is NS(=O)(=O)[C@@H]1CCN(C(=O)Nc2ccccc2Oc2ccccc2)C1. The fraction of sp³-hybridized carbons (Fsp3) is 0.235. The topological polar surface area (TPSA) is 102 Å². The van der Waals surface area contributed by atoms with Crippen molar-refractivity contribution in [3.05, 3.63) is 54.6 Å². The number of hydrogen-bond acceptors (Lipinski definition) is 4. The summed E-state index contributed by atoms with van der Waals surface area (Å²) in [5.41, 5.74) is 0.510. The van der Waals surface area contributed by atoms with Gasteiger partial charge >= 0.3 is 6.03 Å². The number of para-hydroxylation sites is 3. The molecule has 3 rings (SSSR count). The van der Waals surface area contributed by atoms with E-state index in [0.717, 1.165) is 0 Å². The minimum Gasteiger partial charge on any atom is -0.455 e. The Labute approximate surface area is 146 Å². The van der Waals surface area contributed by atoms with Gasteiger partial charge in [0.15, 0.2) is 5.75 Å². The van der Waals surface area contributed by atoms with Crippen LogP contribution in [0.25, 0.3) is 0 Å². The minimum atomic E-state index is -3.64. The van der Waals surface area contributed by atoms with Gasteiger partial charge in [0, 0.05) is 13.1 Å². The number of carbonyl (C=O) groups is 1. The molecule has 1 atom stereocenters. The highest BCUT2D eigenvalue weighted by atomic mass is 32.2. The van der Waals surface area contributed by atoms with Crippen LogP contribution in [-0.2, 0) is 10.0 Å². The summed E-state index contributed by atoms with van der Waals surface area (Å²) in [6, 6.07) is 15.9. The van der Waals surface area contributed by atoms with Crippen LogP contribution in [0.4, 0.5) is 10.5 Å². The summed E-state index contributed by atoms with van der Waals surface area (Å²) in [4.78, 5) is 13.9. The number of benzene rings is 2. The number of nitrogens with zero attached hydrogens (tertiary/aromatic N) is 1. The predicted molar refractivity (Wildman–Crippen MR) is 95.1 cm³/mol. The molecule has 0 saturated carbocycles. The van der Waals surface area contributed by atoms with Crippen molar-refractivity contribution in [3.8, 4) is 11.5 Å². The number of likely N-dealkylation sites (tertiary alicyclic amines) is 1. The zero-order chi connectivity index (χ0) is 17.9. The summed E-state index contributed by atoms with van der Waals surface area (Å²) >= 11 is 0. The molecular formula is C17H19N3O4S. The molecule has 2 aromatic rings. The molecule has 0 spiro atoms. The molecule has 2 aromatic carbocycles. The second-order valence-electron chi connectivity index (χ2n) is 5.79. The molecule has 3 N–H and O–H groups in total. The Hall–Kier alpha value is -2.58. The first-order chi connectivity index (χ1) is 11.9. The smallest absolute Gasteiger partial charge is 0.321 e. The Kier molecular flexibility index (Phi) is 4.91. The quantitative estimate of drug-likeness (QED) is 0.873. The van der Waals surface area contributed by atoms with Gasteiger partial charge in [-0.2, -0.15) is 0 Å². The van der Waals surface area contributed by atoms with E-state index in [4.69, 9.17) is 9.88 Å². The molecule has 1 fully saturated rings. The Morgan fingerprint density at radius 3 is 2.48 bits per heavy atom. The lowest BCUT2D eigenvalue weighted by atomic mass is 10.3. The van der Waals surface area contributed by atoms with Crippen molar-refractivity contribution in [1.82, 2.24) is 4.90 Å². The summed E-state index contributed by atoms with van der Waals surface area (Å²) in [5.74, 6) is 1.16. The van der Waals surface area contributed by atoms with Crippen molar-refractivity contribution in [3.63, 3.8) is 0 Å². The molecule has 0 radical (unpaired) electrons. The molecule has 0 aliphatic carbocycles. The summed E-state index contributed by atoms with van der Waals surface area (Å²) in [6.45, 7) is 0.432. The third-order valence-electron chi connectivity index (χ3n) is 4.00. The highest BCUT2D eigenvalue weighted by Crippen LogP contribution is 2.29. The van der Waals surface area contributed by atoms with Crippen molar-refractivity contribution in [1.29, 1.82) is 0 Å². The lowest BCUT2D eigenvalue weighted by Crippen LogP contribution is -2.36. The molecule has 8 heteroatoms. The van der Waals surface area contributed by atoms with E-state index < -0.39 is 15.3 Å². The highest BCUT2D eigenvalue weighted by molar-refractivity contribution is 7.89. The normalized spacial score (nSPS) is 17.3. The van der Waals surface area contributed by atoms with E-state index >= 15 is 0 Å². The van der Waals surface area contributed by atoms with Gasteiger partial charge in [-0.1, -0.05) is 30.3 Å². The van der Waals surface area contributed by atoms with E-state index in [9.17, 15) is 13.2 Å². The molecule has 1 heterocycles. The minimum absolute atomic E-state index is 0.0897. The maximum atomic E-state index is 12.4. The summed E-state index contributed by atoms with van der Waals surface area (Å²) in [6.07, 6.45) is 0.342. The van der Waals surface area contributed by atoms with Gasteiger partial charge in [-0.3, -0.25) is 0 Å². The monoisotopic (exact) mass is 361 g/mol. The van der Waals surface area contributed by atoms with Gasteiger partial charge < -0.3 is 15.0 Å². The molecule has 0 bridgehead atoms. The Morgan fingerprint density at radius 1 is 1.12 bits per heavy atom. The molecule has 2 amide bonds. The average Bonchev–Trinajstić information content (AvgIpc) is 3.08. The predicted octanol–water partition coefficient (Wildman–Crippen LogP) is 2.37. The van der Waals surface area contributed by atoms with Gasteiger partial charge in [0.05, 0.1) is 10.9 Å². The number of anilines is 1. The molecule has 0 aromatic heterocycles. The van der Waals surface area contributed by atoms with Crippen molar-refractivity contribution in [2.45, 2.75) is 11.7 Å². The zero-order valence-electron chi connectivity index (χ0n) is 13.5. The van der Waals surface area contributed by atoms with Crippen molar-refractivity contribution in [2.75, 3.05) is 18.4 Å². The molecule has 1 aliphatic rings. The Morgan fingerprint density at radius 2 is 1.80 bits per heavy atom.